The van der Waals surface area contributed by atoms with Gasteiger partial charge in [-0.3, -0.25) is 9.59 Å². The lowest BCUT2D eigenvalue weighted by atomic mass is 10.0. The van der Waals surface area contributed by atoms with E-state index in [1.54, 1.807) is 25.2 Å². The summed E-state index contributed by atoms with van der Waals surface area (Å²) in [5, 5.41) is 2.58. The molecule has 72 valence electrons. The topological polar surface area (TPSA) is 46.2 Å². The van der Waals surface area contributed by atoms with Crippen LogP contribution in [0.1, 0.15) is 32.7 Å². The van der Waals surface area contributed by atoms with Crippen molar-refractivity contribution >= 4 is 11.7 Å². The number of nitrogens with one attached hydrogen (secondary N) is 1. The molecular weight excluding hydrogens is 178 g/mol. The van der Waals surface area contributed by atoms with E-state index in [-0.39, 0.29) is 11.7 Å². The van der Waals surface area contributed by atoms with Gasteiger partial charge < -0.3 is 5.32 Å². The van der Waals surface area contributed by atoms with Gasteiger partial charge in [-0.15, -0.1) is 0 Å². The SMILES string of the molecule is CNC(=O)c1cccc2c1CCC2=O. The smallest absolute Gasteiger partial charge is 0.251 e. The lowest BCUT2D eigenvalue weighted by molar-refractivity contribution is 0.0961. The molecule has 2 rings (SSSR count). The second kappa shape index (κ2) is 3.25. The predicted molar refractivity (Wildman–Crippen MR) is 52.5 cm³/mol. The lowest BCUT2D eigenvalue weighted by Gasteiger charge is -2.05. The molecule has 0 heterocycles. The summed E-state index contributed by atoms with van der Waals surface area (Å²) in [6, 6.07) is 5.31. The highest BCUT2D eigenvalue weighted by Gasteiger charge is 2.23. The fraction of sp³-hybridized carbons (Fsp3) is 0.273. The Morgan fingerprint density at radius 2 is 2.14 bits per heavy atom. The minimum atomic E-state index is -0.114. The van der Waals surface area contributed by atoms with Crippen molar-refractivity contribution in [3.8, 4) is 0 Å². The quantitative estimate of drug-likeness (QED) is 0.721. The van der Waals surface area contributed by atoms with Gasteiger partial charge >= 0.3 is 0 Å². The molecule has 0 unspecified atom stereocenters. The van der Waals surface area contributed by atoms with Crippen LogP contribution in [0.4, 0.5) is 0 Å². The summed E-state index contributed by atoms with van der Waals surface area (Å²) >= 11 is 0. The Hall–Kier alpha value is -1.64. The molecule has 14 heavy (non-hydrogen) atoms. The molecule has 0 saturated carbocycles. The Balaban J connectivity index is 2.54. The predicted octanol–water partition coefficient (Wildman–Crippen LogP) is 1.18. The zero-order chi connectivity index (χ0) is 10.1. The third kappa shape index (κ3) is 1.21. The van der Waals surface area contributed by atoms with Crippen molar-refractivity contribution in [3.05, 3.63) is 34.9 Å². The molecule has 1 aromatic carbocycles. The van der Waals surface area contributed by atoms with Crippen molar-refractivity contribution in [2.45, 2.75) is 12.8 Å². The molecule has 0 saturated heterocycles. The first-order chi connectivity index (χ1) is 6.74. The zero-order valence-electron chi connectivity index (χ0n) is 7.96. The molecule has 3 nitrogen and oxygen atoms in total. The second-order valence-corrected chi connectivity index (χ2v) is 3.33. The van der Waals surface area contributed by atoms with Gasteiger partial charge in [0.05, 0.1) is 0 Å². The first kappa shape index (κ1) is 8.94. The fourth-order valence-corrected chi connectivity index (χ4v) is 1.84. The van der Waals surface area contributed by atoms with Crippen LogP contribution in [0.2, 0.25) is 0 Å². The number of Topliss-reactive ketones (excluding diaryl/α,β-unsaturated/α-hetero) is 1. The number of rotatable bonds is 1. The van der Waals surface area contributed by atoms with E-state index < -0.39 is 0 Å². The van der Waals surface area contributed by atoms with Crippen LogP contribution < -0.4 is 5.32 Å². The highest BCUT2D eigenvalue weighted by molar-refractivity contribution is 6.05. The monoisotopic (exact) mass is 189 g/mol. The van der Waals surface area contributed by atoms with Gasteiger partial charge in [0, 0.05) is 24.6 Å². The van der Waals surface area contributed by atoms with Crippen molar-refractivity contribution in [2.24, 2.45) is 0 Å². The van der Waals surface area contributed by atoms with Crippen LogP contribution in [0.15, 0.2) is 18.2 Å². The summed E-state index contributed by atoms with van der Waals surface area (Å²) in [5.74, 6) is 0.0299. The summed E-state index contributed by atoms with van der Waals surface area (Å²) in [6.07, 6.45) is 1.22. The molecule has 1 aliphatic rings. The van der Waals surface area contributed by atoms with Gasteiger partial charge in [0.1, 0.15) is 0 Å². The van der Waals surface area contributed by atoms with E-state index in [2.05, 4.69) is 5.32 Å². The average Bonchev–Trinajstić information content (AvgIpc) is 2.59. The number of carbonyl (C=O) groups excluding carboxylic acids is 2. The summed E-state index contributed by atoms with van der Waals surface area (Å²) in [5.41, 5.74) is 2.25. The number of ketones is 1. The molecule has 1 aliphatic carbocycles. The molecule has 0 radical (unpaired) electrons. The van der Waals surface area contributed by atoms with Crippen molar-refractivity contribution in [3.63, 3.8) is 0 Å². The van der Waals surface area contributed by atoms with Crippen LogP contribution in [0.5, 0.6) is 0 Å². The van der Waals surface area contributed by atoms with Crippen molar-refractivity contribution in [1.29, 1.82) is 0 Å². The van der Waals surface area contributed by atoms with Crippen LogP contribution in [0.3, 0.4) is 0 Å². The van der Waals surface area contributed by atoms with E-state index in [1.807, 2.05) is 0 Å². The van der Waals surface area contributed by atoms with Crippen molar-refractivity contribution < 1.29 is 9.59 Å². The molecule has 0 bridgehead atoms. The fourth-order valence-electron chi connectivity index (χ4n) is 1.84. The maximum Gasteiger partial charge on any atom is 0.251 e. The Labute approximate surface area is 82.1 Å². The van der Waals surface area contributed by atoms with Crippen LogP contribution in [-0.4, -0.2) is 18.7 Å². The first-order valence-electron chi connectivity index (χ1n) is 4.61. The largest absolute Gasteiger partial charge is 0.355 e. The van der Waals surface area contributed by atoms with E-state index in [0.29, 0.717) is 24.0 Å². The van der Waals surface area contributed by atoms with Crippen LogP contribution in [-0.2, 0) is 6.42 Å². The Bertz CT molecular complexity index is 410. The summed E-state index contributed by atoms with van der Waals surface area (Å²) in [6.45, 7) is 0. The Morgan fingerprint density at radius 1 is 1.36 bits per heavy atom. The van der Waals surface area contributed by atoms with E-state index in [4.69, 9.17) is 0 Å². The number of benzene rings is 1. The molecule has 1 aromatic rings. The molecule has 0 atom stereocenters. The van der Waals surface area contributed by atoms with Gasteiger partial charge in [0.2, 0.25) is 0 Å². The first-order valence-corrected chi connectivity index (χ1v) is 4.61. The Kier molecular flexibility index (Phi) is 2.08. The zero-order valence-corrected chi connectivity index (χ0v) is 7.96. The van der Waals surface area contributed by atoms with Crippen molar-refractivity contribution in [2.75, 3.05) is 7.05 Å². The van der Waals surface area contributed by atoms with Crippen LogP contribution >= 0.6 is 0 Å². The maximum absolute atomic E-state index is 11.5. The molecule has 0 aromatic heterocycles. The standard InChI is InChI=1S/C11H11NO2/c1-12-11(14)9-4-2-3-8-7(9)5-6-10(8)13/h2-4H,5-6H2,1H3,(H,12,14). The number of hydrogen-bond donors (Lipinski definition) is 1. The van der Waals surface area contributed by atoms with Gasteiger partial charge in [-0.1, -0.05) is 12.1 Å². The summed E-state index contributed by atoms with van der Waals surface area (Å²) in [7, 11) is 1.60. The van der Waals surface area contributed by atoms with Gasteiger partial charge in [0.15, 0.2) is 5.78 Å². The third-order valence-electron chi connectivity index (χ3n) is 2.55. The van der Waals surface area contributed by atoms with Crippen molar-refractivity contribution in [1.82, 2.24) is 5.32 Å². The molecule has 1 amide bonds. The van der Waals surface area contributed by atoms with E-state index in [0.717, 1.165) is 5.56 Å². The van der Waals surface area contributed by atoms with Crippen LogP contribution in [0.25, 0.3) is 0 Å². The van der Waals surface area contributed by atoms with E-state index >= 15 is 0 Å². The normalized spacial score (nSPS) is 13.9. The minimum absolute atomic E-state index is 0.114. The lowest BCUT2D eigenvalue weighted by Crippen LogP contribution is -2.19. The Morgan fingerprint density at radius 3 is 2.86 bits per heavy atom. The molecule has 0 spiro atoms. The van der Waals surface area contributed by atoms with Gasteiger partial charge in [-0.25, -0.2) is 0 Å². The number of carbonyl (C=O) groups is 2. The minimum Gasteiger partial charge on any atom is -0.355 e. The second-order valence-electron chi connectivity index (χ2n) is 3.33. The average molecular weight is 189 g/mol. The highest BCUT2D eigenvalue weighted by Crippen LogP contribution is 2.25. The molecule has 3 heteroatoms. The van der Waals surface area contributed by atoms with Gasteiger partial charge in [-0.05, 0) is 18.1 Å². The van der Waals surface area contributed by atoms with Gasteiger partial charge in [-0.2, -0.15) is 0 Å². The van der Waals surface area contributed by atoms with Crippen LogP contribution in [0, 0.1) is 0 Å². The highest BCUT2D eigenvalue weighted by atomic mass is 16.1. The number of hydrogen-bond acceptors (Lipinski definition) is 2. The van der Waals surface area contributed by atoms with E-state index in [9.17, 15) is 9.59 Å². The molecule has 0 aliphatic heterocycles. The number of amides is 1. The molecule has 1 N–H and O–H groups in total. The van der Waals surface area contributed by atoms with Gasteiger partial charge in [0.25, 0.3) is 5.91 Å². The maximum atomic E-state index is 11.5. The number of fused-ring (bicyclic) bond motifs is 1. The van der Waals surface area contributed by atoms with E-state index in [1.165, 1.54) is 0 Å². The summed E-state index contributed by atoms with van der Waals surface area (Å²) < 4.78 is 0. The molecule has 0 fully saturated rings. The molecular formula is C11H11NO2. The third-order valence-corrected chi connectivity index (χ3v) is 2.55. The summed E-state index contributed by atoms with van der Waals surface area (Å²) in [4.78, 5) is 22.9.